The summed E-state index contributed by atoms with van der Waals surface area (Å²) in [5.41, 5.74) is 0. The van der Waals surface area contributed by atoms with Gasteiger partial charge in [-0.15, -0.1) is 0 Å². The fourth-order valence-corrected chi connectivity index (χ4v) is 0.142. The van der Waals surface area contributed by atoms with Crippen LogP contribution in [0.3, 0.4) is 0 Å². The minimum Gasteiger partial charge on any atom is -0.503 e. The van der Waals surface area contributed by atoms with Gasteiger partial charge in [0.2, 0.25) is 0 Å². The fraction of sp³-hybridized carbons (Fsp3) is 0.167. The number of ether oxygens (including phenoxy) is 1. The predicted octanol–water partition coefficient (Wildman–Crippen LogP) is -1.03. The minimum absolute atomic E-state index is 0. The van der Waals surface area contributed by atoms with E-state index >= 15 is 0 Å². The molecule has 0 heterocycles. The van der Waals surface area contributed by atoms with E-state index in [0.29, 0.717) is 0 Å². The van der Waals surface area contributed by atoms with E-state index in [0.717, 1.165) is 0 Å². The summed E-state index contributed by atoms with van der Waals surface area (Å²) in [6.45, 7) is 4.73. The maximum Gasteiger partial charge on any atom is 2.00 e. The third-order valence-electron chi connectivity index (χ3n) is 0.357. The zero-order chi connectivity index (χ0) is 10.1. The molecule has 0 radical (unpaired) electrons. The van der Waals surface area contributed by atoms with E-state index in [1.807, 2.05) is 0 Å². The van der Waals surface area contributed by atoms with E-state index in [1.165, 1.54) is 0 Å². The number of rotatable bonds is 2. The van der Waals surface area contributed by atoms with Crippen LogP contribution >= 0.6 is 0 Å². The normalized spacial score (nSPS) is 6.77. The number of hydrogen-bond acceptors (Lipinski definition) is 4. The minimum atomic E-state index is -1.18. The second-order valence-corrected chi connectivity index (χ2v) is 1.45. The standard InChI is InChI=1S/C4H5O4.C2H3O2.Ca/c1-3(5)8-2-4(6)7;1-2(3)4;/h1-2H2,(H,6,7);1H2,(H,3,4);/q2*-1;+2. The van der Waals surface area contributed by atoms with Crippen LogP contribution in [0.4, 0.5) is 0 Å². The molecule has 0 aliphatic heterocycles. The average Bonchev–Trinajstić information content (AvgIpc) is 1.82. The summed E-state index contributed by atoms with van der Waals surface area (Å²) in [4.78, 5) is 28.2. The number of carbonyl (C=O) groups excluding carboxylic acids is 1. The maximum atomic E-state index is 9.75. The summed E-state index contributed by atoms with van der Waals surface area (Å²) >= 11 is 0. The van der Waals surface area contributed by atoms with Crippen LogP contribution in [0.1, 0.15) is 0 Å². The van der Waals surface area contributed by atoms with Crippen LogP contribution in [0, 0.1) is 13.8 Å². The van der Waals surface area contributed by atoms with Gasteiger partial charge in [0.25, 0.3) is 0 Å². The van der Waals surface area contributed by atoms with Gasteiger partial charge in [0, 0.05) is 0 Å². The van der Waals surface area contributed by atoms with Gasteiger partial charge < -0.3 is 14.9 Å². The van der Waals surface area contributed by atoms with Gasteiger partial charge in [-0.3, -0.25) is 23.4 Å². The fourth-order valence-electron chi connectivity index (χ4n) is 0.142. The Labute approximate surface area is 105 Å². The van der Waals surface area contributed by atoms with Crippen molar-refractivity contribution in [3.05, 3.63) is 13.8 Å². The largest absolute Gasteiger partial charge is 2.00 e. The van der Waals surface area contributed by atoms with Gasteiger partial charge >= 0.3 is 43.7 Å². The van der Waals surface area contributed by atoms with Gasteiger partial charge in [-0.25, -0.2) is 4.79 Å². The van der Waals surface area contributed by atoms with Gasteiger partial charge in [0.1, 0.15) is 0 Å². The molecule has 0 saturated carbocycles. The number of hydrogen-bond donors (Lipinski definition) is 2. The maximum absolute atomic E-state index is 9.75. The summed E-state index contributed by atoms with van der Waals surface area (Å²) in [7, 11) is 0. The van der Waals surface area contributed by atoms with E-state index in [4.69, 9.17) is 15.0 Å². The summed E-state index contributed by atoms with van der Waals surface area (Å²) < 4.78 is 3.95. The summed E-state index contributed by atoms with van der Waals surface area (Å²) in [6, 6.07) is 0. The first-order chi connectivity index (χ1) is 5.36. The molecule has 0 aromatic carbocycles. The van der Waals surface area contributed by atoms with Crippen molar-refractivity contribution >= 4 is 55.6 Å². The second kappa shape index (κ2) is 11.4. The van der Waals surface area contributed by atoms with Crippen molar-refractivity contribution < 1.29 is 29.3 Å². The van der Waals surface area contributed by atoms with Crippen LogP contribution in [-0.2, 0) is 19.1 Å². The first kappa shape index (κ1) is 18.2. The molecule has 0 unspecified atom stereocenters. The second-order valence-electron chi connectivity index (χ2n) is 1.45. The smallest absolute Gasteiger partial charge is 0.503 e. The molecule has 0 aromatic heterocycles. The molecule has 0 amide bonds. The molecule has 13 heavy (non-hydrogen) atoms. The van der Waals surface area contributed by atoms with Crippen LogP contribution in [0.25, 0.3) is 0 Å². The molecule has 0 rings (SSSR count). The molecule has 6 nitrogen and oxygen atoms in total. The molecule has 0 bridgehead atoms. The SMILES string of the molecule is [CH2-]C(=O)O.[CH2-]C(=O)OCC(=O)O.[Ca+2]. The zero-order valence-corrected chi connectivity index (χ0v) is 9.06. The first-order valence-corrected chi connectivity index (χ1v) is 2.61. The molecule has 0 aromatic rings. The van der Waals surface area contributed by atoms with Gasteiger partial charge in [-0.1, -0.05) is 0 Å². The zero-order valence-electron chi connectivity index (χ0n) is 6.86. The Hall–Kier alpha value is -0.590. The van der Waals surface area contributed by atoms with Crippen LogP contribution < -0.4 is 0 Å². The monoisotopic (exact) mass is 216 g/mol. The van der Waals surface area contributed by atoms with E-state index in [1.54, 1.807) is 0 Å². The predicted molar refractivity (Wildman–Crippen MR) is 42.7 cm³/mol. The number of esters is 1. The van der Waals surface area contributed by atoms with Crippen molar-refractivity contribution in [2.75, 3.05) is 6.61 Å². The van der Waals surface area contributed by atoms with Gasteiger partial charge in [-0.05, 0) is 0 Å². The molecule has 0 fully saturated rings. The van der Waals surface area contributed by atoms with Gasteiger partial charge in [0.15, 0.2) is 18.5 Å². The van der Waals surface area contributed by atoms with Crippen molar-refractivity contribution in [3.8, 4) is 0 Å². The first-order valence-electron chi connectivity index (χ1n) is 2.61. The molecule has 0 spiro atoms. The Morgan fingerprint density at radius 1 is 1.15 bits per heavy atom. The van der Waals surface area contributed by atoms with Crippen LogP contribution in [0.2, 0.25) is 0 Å². The third-order valence-corrected chi connectivity index (χ3v) is 0.357. The molecular formula is C6H8CaO6. The summed E-state index contributed by atoms with van der Waals surface area (Å²) in [5, 5.41) is 15.2. The Kier molecular flexibility index (Phi) is 16.0. The number of carboxylic acid groups (broad SMARTS) is 2. The van der Waals surface area contributed by atoms with Crippen molar-refractivity contribution in [1.82, 2.24) is 0 Å². The van der Waals surface area contributed by atoms with Gasteiger partial charge in [0.05, 0.1) is 0 Å². The molecular weight excluding hydrogens is 208 g/mol. The van der Waals surface area contributed by atoms with Gasteiger partial charge in [-0.2, -0.15) is 0 Å². The molecule has 70 valence electrons. The Bertz CT molecular complexity index is 160. The number of carbonyl (C=O) groups is 3. The quantitative estimate of drug-likeness (QED) is 0.348. The Morgan fingerprint density at radius 2 is 1.46 bits per heavy atom. The van der Waals surface area contributed by atoms with Crippen molar-refractivity contribution in [2.45, 2.75) is 0 Å². The van der Waals surface area contributed by atoms with Crippen molar-refractivity contribution in [1.29, 1.82) is 0 Å². The number of aliphatic carboxylic acids is 2. The number of carboxylic acids is 2. The summed E-state index contributed by atoms with van der Waals surface area (Å²) in [6.07, 6.45) is 0. The molecule has 0 aliphatic rings. The molecule has 2 N–H and O–H groups in total. The van der Waals surface area contributed by atoms with E-state index in [9.17, 15) is 9.59 Å². The topological polar surface area (TPSA) is 101 Å². The van der Waals surface area contributed by atoms with E-state index in [-0.39, 0.29) is 37.7 Å². The average molecular weight is 216 g/mol. The molecule has 0 saturated heterocycles. The molecule has 7 heteroatoms. The van der Waals surface area contributed by atoms with Crippen LogP contribution in [0.15, 0.2) is 0 Å². The Morgan fingerprint density at radius 3 is 1.54 bits per heavy atom. The molecule has 0 aliphatic carbocycles. The third kappa shape index (κ3) is 52.0. The summed E-state index contributed by atoms with van der Waals surface area (Å²) in [5.74, 6) is -3.09. The van der Waals surface area contributed by atoms with Crippen molar-refractivity contribution in [2.24, 2.45) is 0 Å². The van der Waals surface area contributed by atoms with Crippen molar-refractivity contribution in [3.63, 3.8) is 0 Å². The van der Waals surface area contributed by atoms with Crippen LogP contribution in [0.5, 0.6) is 0 Å². The van der Waals surface area contributed by atoms with E-state index in [2.05, 4.69) is 18.6 Å². The Balaban J connectivity index is -0.000000173. The molecule has 0 atom stereocenters. The van der Waals surface area contributed by atoms with Crippen LogP contribution in [-0.4, -0.2) is 72.5 Å². The van der Waals surface area contributed by atoms with E-state index < -0.39 is 24.5 Å².